The lowest BCUT2D eigenvalue weighted by molar-refractivity contribution is -0.141. The van der Waals surface area contributed by atoms with E-state index in [1.807, 2.05) is 24.4 Å². The Morgan fingerprint density at radius 1 is 1.18 bits per heavy atom. The molecule has 1 atom stereocenters. The van der Waals surface area contributed by atoms with Gasteiger partial charge in [-0.15, -0.1) is 11.3 Å². The molecule has 5 heteroatoms. The monoisotopic (exact) mass is 318 g/mol. The van der Waals surface area contributed by atoms with E-state index in [9.17, 15) is 9.59 Å². The van der Waals surface area contributed by atoms with Crippen LogP contribution in [0.2, 0.25) is 0 Å². The number of aryl methyl sites for hydroxylation is 1. The van der Waals surface area contributed by atoms with Crippen LogP contribution in [0.4, 0.5) is 0 Å². The Morgan fingerprint density at radius 3 is 2.45 bits per heavy atom. The van der Waals surface area contributed by atoms with Crippen LogP contribution in [0.1, 0.15) is 33.6 Å². The molecule has 0 aliphatic rings. The van der Waals surface area contributed by atoms with E-state index >= 15 is 0 Å². The molecular weight excluding hydrogens is 300 g/mol. The minimum absolute atomic E-state index is 0.338. The first kappa shape index (κ1) is 16.2. The number of methoxy groups -OCH3 is 2. The average Bonchev–Trinajstić information content (AvgIpc) is 2.97. The Kier molecular flexibility index (Phi) is 4.98. The van der Waals surface area contributed by atoms with Gasteiger partial charge in [-0.3, -0.25) is 4.79 Å². The van der Waals surface area contributed by atoms with Crippen molar-refractivity contribution in [1.82, 2.24) is 0 Å². The SMILES string of the molecule is COC(=O)c1cccc(C(C)C(=O)OC)c1-c1csc(C)c1. The lowest BCUT2D eigenvalue weighted by Crippen LogP contribution is -2.14. The van der Waals surface area contributed by atoms with Gasteiger partial charge in [-0.1, -0.05) is 12.1 Å². The van der Waals surface area contributed by atoms with Gasteiger partial charge in [0.1, 0.15) is 0 Å². The van der Waals surface area contributed by atoms with Crippen molar-refractivity contribution in [1.29, 1.82) is 0 Å². The van der Waals surface area contributed by atoms with Crippen molar-refractivity contribution >= 4 is 23.3 Å². The maximum absolute atomic E-state index is 12.1. The highest BCUT2D eigenvalue weighted by Crippen LogP contribution is 2.35. The van der Waals surface area contributed by atoms with Gasteiger partial charge in [-0.25, -0.2) is 4.79 Å². The Hall–Kier alpha value is -2.14. The predicted molar refractivity (Wildman–Crippen MR) is 86.3 cm³/mol. The van der Waals surface area contributed by atoms with E-state index in [-0.39, 0.29) is 5.97 Å². The van der Waals surface area contributed by atoms with Crippen molar-refractivity contribution in [3.8, 4) is 11.1 Å². The first-order valence-corrected chi connectivity index (χ1v) is 7.72. The molecule has 2 aromatic rings. The second-order valence-corrected chi connectivity index (χ2v) is 6.07. The van der Waals surface area contributed by atoms with Gasteiger partial charge in [-0.2, -0.15) is 0 Å². The number of ether oxygens (including phenoxy) is 2. The van der Waals surface area contributed by atoms with Gasteiger partial charge >= 0.3 is 11.9 Å². The second kappa shape index (κ2) is 6.75. The van der Waals surface area contributed by atoms with Crippen LogP contribution in [-0.2, 0) is 14.3 Å². The summed E-state index contributed by atoms with van der Waals surface area (Å²) in [5.74, 6) is -1.22. The molecule has 4 nitrogen and oxygen atoms in total. The fourth-order valence-electron chi connectivity index (χ4n) is 2.41. The van der Waals surface area contributed by atoms with Crippen LogP contribution in [0.15, 0.2) is 29.6 Å². The van der Waals surface area contributed by atoms with Gasteiger partial charge in [0.05, 0.1) is 25.7 Å². The minimum atomic E-state index is -0.468. The topological polar surface area (TPSA) is 52.6 Å². The molecule has 0 bridgehead atoms. The Labute approximate surface area is 133 Å². The van der Waals surface area contributed by atoms with Gasteiger partial charge in [0.25, 0.3) is 0 Å². The summed E-state index contributed by atoms with van der Waals surface area (Å²) >= 11 is 1.59. The van der Waals surface area contributed by atoms with Gasteiger partial charge in [0.2, 0.25) is 0 Å². The van der Waals surface area contributed by atoms with Crippen LogP contribution in [0.25, 0.3) is 11.1 Å². The highest BCUT2D eigenvalue weighted by Gasteiger charge is 2.24. The average molecular weight is 318 g/mol. The van der Waals surface area contributed by atoms with Crippen LogP contribution < -0.4 is 0 Å². The summed E-state index contributed by atoms with van der Waals surface area (Å²) in [5, 5.41) is 1.98. The third kappa shape index (κ3) is 3.04. The van der Waals surface area contributed by atoms with E-state index in [4.69, 9.17) is 9.47 Å². The number of esters is 2. The molecule has 116 valence electrons. The minimum Gasteiger partial charge on any atom is -0.469 e. The maximum atomic E-state index is 12.1. The number of carbonyl (C=O) groups excluding carboxylic acids is 2. The Bertz CT molecular complexity index is 702. The molecule has 1 aromatic heterocycles. The van der Waals surface area contributed by atoms with Gasteiger partial charge in [0.15, 0.2) is 0 Å². The molecule has 1 unspecified atom stereocenters. The van der Waals surface area contributed by atoms with Crippen molar-refractivity contribution in [3.63, 3.8) is 0 Å². The number of thiophene rings is 1. The van der Waals surface area contributed by atoms with Crippen LogP contribution in [0.3, 0.4) is 0 Å². The summed E-state index contributed by atoms with van der Waals surface area (Å²) in [6.07, 6.45) is 0. The molecule has 0 saturated heterocycles. The van der Waals surface area contributed by atoms with Crippen molar-refractivity contribution in [2.45, 2.75) is 19.8 Å². The first-order valence-electron chi connectivity index (χ1n) is 6.84. The van der Waals surface area contributed by atoms with E-state index in [1.165, 1.54) is 14.2 Å². The smallest absolute Gasteiger partial charge is 0.338 e. The maximum Gasteiger partial charge on any atom is 0.338 e. The second-order valence-electron chi connectivity index (χ2n) is 4.95. The molecule has 22 heavy (non-hydrogen) atoms. The number of carbonyl (C=O) groups is 2. The third-order valence-corrected chi connectivity index (χ3v) is 4.40. The quantitative estimate of drug-likeness (QED) is 0.805. The van der Waals surface area contributed by atoms with E-state index < -0.39 is 11.9 Å². The zero-order chi connectivity index (χ0) is 16.3. The lowest BCUT2D eigenvalue weighted by atomic mass is 9.89. The Balaban J connectivity index is 2.68. The molecule has 0 spiro atoms. The molecule has 0 aliphatic carbocycles. The molecule has 0 N–H and O–H groups in total. The summed E-state index contributed by atoms with van der Waals surface area (Å²) in [6.45, 7) is 3.77. The summed E-state index contributed by atoms with van der Waals surface area (Å²) in [5.41, 5.74) is 2.85. The van der Waals surface area contributed by atoms with E-state index in [2.05, 4.69) is 0 Å². The van der Waals surface area contributed by atoms with Gasteiger partial charge in [-0.05, 0) is 42.5 Å². The largest absolute Gasteiger partial charge is 0.469 e. The highest BCUT2D eigenvalue weighted by molar-refractivity contribution is 7.10. The molecule has 0 saturated carbocycles. The number of benzene rings is 1. The molecule has 0 amide bonds. The van der Waals surface area contributed by atoms with E-state index in [1.54, 1.807) is 30.4 Å². The van der Waals surface area contributed by atoms with Crippen LogP contribution in [0, 0.1) is 6.92 Å². The zero-order valence-electron chi connectivity index (χ0n) is 13.0. The normalized spacial score (nSPS) is 11.8. The van der Waals surface area contributed by atoms with Gasteiger partial charge in [0, 0.05) is 10.4 Å². The van der Waals surface area contributed by atoms with Crippen LogP contribution in [0.5, 0.6) is 0 Å². The van der Waals surface area contributed by atoms with Crippen molar-refractivity contribution in [3.05, 3.63) is 45.6 Å². The third-order valence-electron chi connectivity index (χ3n) is 3.54. The molecule has 0 aliphatic heterocycles. The van der Waals surface area contributed by atoms with Crippen molar-refractivity contribution in [2.75, 3.05) is 14.2 Å². The summed E-state index contributed by atoms with van der Waals surface area (Å²) in [7, 11) is 2.71. The fourth-order valence-corrected chi connectivity index (χ4v) is 3.11. The molecular formula is C17H18O4S. The summed E-state index contributed by atoms with van der Waals surface area (Å²) in [4.78, 5) is 25.1. The predicted octanol–water partition coefficient (Wildman–Crippen LogP) is 3.79. The lowest BCUT2D eigenvalue weighted by Gasteiger charge is -2.17. The Morgan fingerprint density at radius 2 is 1.91 bits per heavy atom. The van der Waals surface area contributed by atoms with Crippen molar-refractivity contribution < 1.29 is 19.1 Å². The molecule has 1 heterocycles. The van der Waals surface area contributed by atoms with Crippen LogP contribution in [-0.4, -0.2) is 26.2 Å². The number of hydrogen-bond acceptors (Lipinski definition) is 5. The van der Waals surface area contributed by atoms with Crippen LogP contribution >= 0.6 is 11.3 Å². The molecule has 0 fully saturated rings. The molecule has 1 aromatic carbocycles. The van der Waals surface area contributed by atoms with E-state index in [0.717, 1.165) is 21.6 Å². The van der Waals surface area contributed by atoms with E-state index in [0.29, 0.717) is 5.56 Å². The summed E-state index contributed by atoms with van der Waals surface area (Å²) in [6, 6.07) is 7.31. The zero-order valence-corrected chi connectivity index (χ0v) is 13.8. The van der Waals surface area contributed by atoms with Crippen molar-refractivity contribution in [2.24, 2.45) is 0 Å². The molecule has 0 radical (unpaired) electrons. The molecule has 2 rings (SSSR count). The number of hydrogen-bond donors (Lipinski definition) is 0. The van der Waals surface area contributed by atoms with Gasteiger partial charge < -0.3 is 9.47 Å². The first-order chi connectivity index (χ1) is 10.5. The standard InChI is InChI=1S/C17H18O4S/c1-10-8-12(9-22-10)15-13(11(2)16(18)20-3)6-5-7-14(15)17(19)21-4/h5-9,11H,1-4H3. The highest BCUT2D eigenvalue weighted by atomic mass is 32.1. The fraction of sp³-hybridized carbons (Fsp3) is 0.294. The summed E-state index contributed by atoms with van der Waals surface area (Å²) < 4.78 is 9.71. The number of rotatable bonds is 4.